The number of thiophene rings is 1. The lowest BCUT2D eigenvalue weighted by atomic mass is 10.2. The molecule has 8 nitrogen and oxygen atoms in total. The average molecular weight is 490 g/mol. The maximum absolute atomic E-state index is 11.4. The maximum atomic E-state index is 11.4. The predicted molar refractivity (Wildman–Crippen MR) is 138 cm³/mol. The highest BCUT2D eigenvalue weighted by Crippen LogP contribution is 2.32. The third kappa shape index (κ3) is 5.76. The number of nitrogens with one attached hydrogen (secondary N) is 1. The van der Waals surface area contributed by atoms with Crippen molar-refractivity contribution in [1.82, 2.24) is 14.9 Å². The fraction of sp³-hybridized carbons (Fsp3) is 0.269. The third-order valence-electron chi connectivity index (χ3n) is 5.82. The Kier molecular flexibility index (Phi) is 7.17. The van der Waals surface area contributed by atoms with Crippen LogP contribution in [0.15, 0.2) is 60.0 Å². The van der Waals surface area contributed by atoms with Gasteiger partial charge in [-0.05, 0) is 54.3 Å². The maximum Gasteiger partial charge on any atom is 0.248 e. The van der Waals surface area contributed by atoms with E-state index in [2.05, 4.69) is 10.2 Å². The minimum atomic E-state index is -0.454. The van der Waals surface area contributed by atoms with E-state index >= 15 is 0 Å². The molecule has 0 spiro atoms. The summed E-state index contributed by atoms with van der Waals surface area (Å²) in [4.78, 5) is 23.4. The summed E-state index contributed by atoms with van der Waals surface area (Å²) in [5, 5.41) is 5.36. The Labute approximate surface area is 207 Å². The van der Waals surface area contributed by atoms with Crippen LogP contribution in [-0.2, 0) is 4.74 Å². The zero-order valence-corrected chi connectivity index (χ0v) is 20.1. The number of aromatic nitrogens is 2. The number of ether oxygens (including phenoxy) is 2. The molecule has 2 aromatic carbocycles. The molecule has 0 aliphatic carbocycles. The molecule has 1 aliphatic heterocycles. The third-order valence-corrected chi connectivity index (χ3v) is 6.73. The lowest BCUT2D eigenvalue weighted by Gasteiger charge is -2.26. The summed E-state index contributed by atoms with van der Waals surface area (Å²) in [6.07, 6.45) is 0.963. The number of anilines is 2. The smallest absolute Gasteiger partial charge is 0.248 e. The predicted octanol–water partition coefficient (Wildman–Crippen LogP) is 4.30. The van der Waals surface area contributed by atoms with Crippen molar-refractivity contribution in [2.45, 2.75) is 6.42 Å². The van der Waals surface area contributed by atoms with Gasteiger partial charge in [0.05, 0.1) is 30.0 Å². The molecule has 1 saturated heterocycles. The molecule has 0 saturated carbocycles. The topological polar surface area (TPSA) is 103 Å². The molecule has 5 rings (SSSR count). The number of nitrogens with two attached hydrogens (primary N) is 1. The number of nitrogens with zero attached hydrogens (tertiary/aromatic N) is 3. The van der Waals surface area contributed by atoms with E-state index in [9.17, 15) is 4.79 Å². The van der Waals surface area contributed by atoms with Crippen LogP contribution in [0.5, 0.6) is 5.75 Å². The number of rotatable bonds is 9. The van der Waals surface area contributed by atoms with Crippen molar-refractivity contribution in [3.8, 4) is 17.1 Å². The van der Waals surface area contributed by atoms with Crippen molar-refractivity contribution >= 4 is 39.0 Å². The number of benzene rings is 2. The molecule has 3 N–H and O–H groups in total. The van der Waals surface area contributed by atoms with Crippen LogP contribution in [-0.4, -0.2) is 60.2 Å². The first-order valence-corrected chi connectivity index (χ1v) is 12.5. The van der Waals surface area contributed by atoms with E-state index in [1.807, 2.05) is 47.8 Å². The van der Waals surface area contributed by atoms with Gasteiger partial charge in [0.2, 0.25) is 5.91 Å². The van der Waals surface area contributed by atoms with Crippen LogP contribution in [0, 0.1) is 0 Å². The van der Waals surface area contributed by atoms with Crippen LogP contribution in [0.25, 0.3) is 21.6 Å². The fourth-order valence-corrected chi connectivity index (χ4v) is 4.74. The van der Waals surface area contributed by atoms with Gasteiger partial charge in [-0.25, -0.2) is 9.97 Å². The zero-order chi connectivity index (χ0) is 24.0. The number of primary amides is 1. The summed E-state index contributed by atoms with van der Waals surface area (Å²) in [5.74, 6) is 1.68. The molecule has 0 atom stereocenters. The number of hydrogen-bond acceptors (Lipinski definition) is 8. The van der Waals surface area contributed by atoms with Crippen LogP contribution >= 0.6 is 11.3 Å². The van der Waals surface area contributed by atoms with Gasteiger partial charge in [-0.2, -0.15) is 0 Å². The van der Waals surface area contributed by atoms with E-state index in [4.69, 9.17) is 25.2 Å². The van der Waals surface area contributed by atoms with Crippen LogP contribution < -0.4 is 15.8 Å². The fourth-order valence-electron chi connectivity index (χ4n) is 3.96. The number of amides is 1. The van der Waals surface area contributed by atoms with Crippen molar-refractivity contribution in [2.24, 2.45) is 5.73 Å². The molecule has 0 radical (unpaired) electrons. The van der Waals surface area contributed by atoms with E-state index in [0.29, 0.717) is 23.8 Å². The molecule has 0 unspecified atom stereocenters. The highest BCUT2D eigenvalue weighted by Gasteiger charge is 2.13. The van der Waals surface area contributed by atoms with Gasteiger partial charge in [0.15, 0.2) is 11.6 Å². The van der Waals surface area contributed by atoms with Gasteiger partial charge in [0.1, 0.15) is 5.75 Å². The van der Waals surface area contributed by atoms with E-state index in [0.717, 1.165) is 66.5 Å². The summed E-state index contributed by atoms with van der Waals surface area (Å²) >= 11 is 1.58. The van der Waals surface area contributed by atoms with E-state index in [1.54, 1.807) is 23.5 Å². The largest absolute Gasteiger partial charge is 0.494 e. The highest BCUT2D eigenvalue weighted by atomic mass is 32.1. The first-order chi connectivity index (χ1) is 17.2. The molecule has 35 heavy (non-hydrogen) atoms. The van der Waals surface area contributed by atoms with Crippen molar-refractivity contribution in [1.29, 1.82) is 0 Å². The molecule has 1 aliphatic rings. The molecule has 9 heteroatoms. The Balaban J connectivity index is 1.31. The Hall–Kier alpha value is -3.53. The van der Waals surface area contributed by atoms with Crippen molar-refractivity contribution in [3.63, 3.8) is 0 Å². The molecule has 180 valence electrons. The van der Waals surface area contributed by atoms with Gasteiger partial charge in [-0.3, -0.25) is 9.69 Å². The van der Waals surface area contributed by atoms with Crippen LogP contribution in [0.1, 0.15) is 16.8 Å². The number of fused-ring (bicyclic) bond motifs is 1. The normalized spacial score (nSPS) is 14.2. The Bertz CT molecular complexity index is 1300. The standard InChI is InChI=1S/C26H27N5O3S/c27-24(32)18-5-7-20(8-6-18)28-26-23-22(9-16-35-23)29-25(30-26)19-3-1-4-21(17-19)34-13-2-10-31-11-14-33-15-12-31/h1,3-9,16-17H,2,10-15H2,(H2,27,32)(H,28,29,30). The van der Waals surface area contributed by atoms with Crippen molar-refractivity contribution < 1.29 is 14.3 Å². The quantitative estimate of drug-likeness (QED) is 0.338. The molecular formula is C26H27N5O3S. The Morgan fingerprint density at radius 1 is 1.11 bits per heavy atom. The van der Waals surface area contributed by atoms with Gasteiger partial charge in [-0.1, -0.05) is 12.1 Å². The lowest BCUT2D eigenvalue weighted by molar-refractivity contribution is 0.0358. The summed E-state index contributed by atoms with van der Waals surface area (Å²) in [6, 6.07) is 16.9. The molecule has 1 fully saturated rings. The molecule has 4 aromatic rings. The van der Waals surface area contributed by atoms with Crippen LogP contribution in [0.3, 0.4) is 0 Å². The SMILES string of the molecule is NC(=O)c1ccc(Nc2nc(-c3cccc(OCCCN4CCOCC4)c3)nc3ccsc23)cc1. The number of hydrogen-bond donors (Lipinski definition) is 2. The molecular weight excluding hydrogens is 462 g/mol. The Morgan fingerprint density at radius 3 is 2.74 bits per heavy atom. The number of morpholine rings is 1. The minimum absolute atomic E-state index is 0.454. The van der Waals surface area contributed by atoms with Gasteiger partial charge < -0.3 is 20.5 Å². The second-order valence-electron chi connectivity index (χ2n) is 8.28. The summed E-state index contributed by atoms with van der Waals surface area (Å²) in [5.41, 5.74) is 8.38. The molecule has 3 heterocycles. The second kappa shape index (κ2) is 10.8. The van der Waals surface area contributed by atoms with Gasteiger partial charge in [0, 0.05) is 36.4 Å². The minimum Gasteiger partial charge on any atom is -0.494 e. The highest BCUT2D eigenvalue weighted by molar-refractivity contribution is 7.17. The van der Waals surface area contributed by atoms with Gasteiger partial charge in [0.25, 0.3) is 0 Å². The van der Waals surface area contributed by atoms with Crippen LogP contribution in [0.2, 0.25) is 0 Å². The average Bonchev–Trinajstić information content (AvgIpc) is 3.37. The van der Waals surface area contributed by atoms with Gasteiger partial charge >= 0.3 is 0 Å². The first kappa shape index (κ1) is 23.2. The molecule has 1 amide bonds. The second-order valence-corrected chi connectivity index (χ2v) is 9.20. The number of carbonyl (C=O) groups is 1. The summed E-state index contributed by atoms with van der Waals surface area (Å²) in [7, 11) is 0. The van der Waals surface area contributed by atoms with E-state index in [1.165, 1.54) is 0 Å². The number of carbonyl (C=O) groups excluding carboxylic acids is 1. The molecule has 2 aromatic heterocycles. The monoisotopic (exact) mass is 489 g/mol. The summed E-state index contributed by atoms with van der Waals surface area (Å²) in [6.45, 7) is 5.27. The van der Waals surface area contributed by atoms with Crippen LogP contribution in [0.4, 0.5) is 11.5 Å². The summed E-state index contributed by atoms with van der Waals surface area (Å²) < 4.78 is 12.4. The van der Waals surface area contributed by atoms with Crippen molar-refractivity contribution in [2.75, 3.05) is 44.8 Å². The van der Waals surface area contributed by atoms with E-state index in [-0.39, 0.29) is 0 Å². The first-order valence-electron chi connectivity index (χ1n) is 11.6. The van der Waals surface area contributed by atoms with E-state index < -0.39 is 5.91 Å². The molecule has 0 bridgehead atoms. The zero-order valence-electron chi connectivity index (χ0n) is 19.3. The van der Waals surface area contributed by atoms with Crippen molar-refractivity contribution in [3.05, 3.63) is 65.5 Å². The van der Waals surface area contributed by atoms with Gasteiger partial charge in [-0.15, -0.1) is 11.3 Å². The lowest BCUT2D eigenvalue weighted by Crippen LogP contribution is -2.37. The Morgan fingerprint density at radius 2 is 1.94 bits per heavy atom.